The fourth-order valence-corrected chi connectivity index (χ4v) is 8.87. The second-order valence-electron chi connectivity index (χ2n) is 12.7. The number of aromatic nitrogens is 1. The lowest BCUT2D eigenvalue weighted by molar-refractivity contribution is 0.668. The van der Waals surface area contributed by atoms with E-state index in [-0.39, 0.29) is 0 Å². The van der Waals surface area contributed by atoms with Gasteiger partial charge >= 0.3 is 0 Å². The Bertz CT molecular complexity index is 3110. The summed E-state index contributed by atoms with van der Waals surface area (Å²) in [5.74, 6) is 0. The molecule has 0 aliphatic rings. The van der Waals surface area contributed by atoms with Gasteiger partial charge in [0.1, 0.15) is 22.3 Å². The fourth-order valence-electron chi connectivity index (χ4n) is 7.62. The normalized spacial score (nSPS) is 12.0. The summed E-state index contributed by atoms with van der Waals surface area (Å²) in [6.45, 7) is 0. The van der Waals surface area contributed by atoms with Crippen LogP contribution in [0.4, 0.5) is 17.1 Å². The fraction of sp³-hybridized carbons (Fsp3) is 0. The van der Waals surface area contributed by atoms with Crippen LogP contribution in [-0.4, -0.2) is 4.98 Å². The molecule has 5 heteroatoms. The van der Waals surface area contributed by atoms with Crippen molar-refractivity contribution in [2.24, 2.45) is 0 Å². The van der Waals surface area contributed by atoms with Crippen molar-refractivity contribution in [1.29, 1.82) is 0 Å². The lowest BCUT2D eigenvalue weighted by Crippen LogP contribution is -2.09. The number of furan rings is 2. The van der Waals surface area contributed by atoms with Crippen molar-refractivity contribution in [3.8, 4) is 11.1 Å². The molecule has 0 aliphatic heterocycles. The van der Waals surface area contributed by atoms with Crippen LogP contribution in [0.5, 0.6) is 0 Å². The summed E-state index contributed by atoms with van der Waals surface area (Å²) >= 11 is 1.85. The molecule has 4 heterocycles. The molecule has 0 N–H and O–H groups in total. The van der Waals surface area contributed by atoms with Gasteiger partial charge in [-0.3, -0.25) is 4.98 Å². The van der Waals surface area contributed by atoms with E-state index in [1.54, 1.807) is 0 Å². The third kappa shape index (κ3) is 4.08. The summed E-state index contributed by atoms with van der Waals surface area (Å²) in [6, 6.07) is 53.5. The maximum Gasteiger partial charge on any atom is 0.137 e. The number of hydrogen-bond donors (Lipinski definition) is 0. The van der Waals surface area contributed by atoms with E-state index in [1.165, 1.54) is 36.7 Å². The minimum atomic E-state index is 0.860. The molecule has 0 unspecified atom stereocenters. The highest BCUT2D eigenvalue weighted by Crippen LogP contribution is 2.44. The molecule has 0 saturated carbocycles. The number of anilines is 3. The molecule has 0 bridgehead atoms. The molecule has 11 rings (SSSR count). The smallest absolute Gasteiger partial charge is 0.137 e. The Kier molecular flexibility index (Phi) is 5.80. The maximum atomic E-state index is 6.36. The van der Waals surface area contributed by atoms with Crippen LogP contribution in [0.15, 0.2) is 167 Å². The van der Waals surface area contributed by atoms with Crippen LogP contribution in [0.3, 0.4) is 0 Å². The third-order valence-electron chi connectivity index (χ3n) is 9.92. The van der Waals surface area contributed by atoms with Crippen molar-refractivity contribution in [3.63, 3.8) is 0 Å². The zero-order valence-corrected chi connectivity index (χ0v) is 27.4. The van der Waals surface area contributed by atoms with Crippen LogP contribution in [-0.2, 0) is 0 Å². The van der Waals surface area contributed by atoms with Crippen molar-refractivity contribution in [1.82, 2.24) is 4.98 Å². The summed E-state index contributed by atoms with van der Waals surface area (Å²) in [5.41, 5.74) is 10.1. The topological polar surface area (TPSA) is 42.4 Å². The van der Waals surface area contributed by atoms with Crippen molar-refractivity contribution < 1.29 is 8.83 Å². The van der Waals surface area contributed by atoms with Gasteiger partial charge in [-0.25, -0.2) is 0 Å². The van der Waals surface area contributed by atoms with Gasteiger partial charge in [0, 0.05) is 76.4 Å². The lowest BCUT2D eigenvalue weighted by atomic mass is 10.0. The quantitative estimate of drug-likeness (QED) is 0.189. The Balaban J connectivity index is 1.08. The van der Waals surface area contributed by atoms with E-state index in [0.717, 1.165) is 66.5 Å². The highest BCUT2D eigenvalue weighted by atomic mass is 32.1. The van der Waals surface area contributed by atoms with Crippen LogP contribution in [0.1, 0.15) is 0 Å². The van der Waals surface area contributed by atoms with Gasteiger partial charge in [0.15, 0.2) is 0 Å². The standard InChI is InChI=1S/C45H26N2O2S/c1-3-12-39-32(7-1)34-20-18-30(26-42(34)49-39)47(29-19-22-41-37(25-29)33-8-2-4-13-40(33)48-41)28-16-14-27(15-17-28)31-9-5-10-36-44-35-11-6-24-46-38(35)21-23-43(44)50-45(31)36/h1-26H. The Morgan fingerprint density at radius 1 is 0.460 bits per heavy atom. The zero-order chi connectivity index (χ0) is 32.8. The molecule has 4 nitrogen and oxygen atoms in total. The number of fused-ring (bicyclic) bond motifs is 11. The van der Waals surface area contributed by atoms with Gasteiger partial charge in [0.05, 0.1) is 5.52 Å². The Hall–Kier alpha value is -6.43. The molecule has 0 aliphatic carbocycles. The molecule has 234 valence electrons. The van der Waals surface area contributed by atoms with Gasteiger partial charge in [-0.05, 0) is 83.9 Å². The summed E-state index contributed by atoms with van der Waals surface area (Å²) in [4.78, 5) is 6.92. The van der Waals surface area contributed by atoms with E-state index in [1.807, 2.05) is 47.9 Å². The van der Waals surface area contributed by atoms with Gasteiger partial charge in [0.25, 0.3) is 0 Å². The number of hydrogen-bond acceptors (Lipinski definition) is 5. The van der Waals surface area contributed by atoms with Crippen molar-refractivity contribution in [2.75, 3.05) is 4.90 Å². The number of pyridine rings is 1. The van der Waals surface area contributed by atoms with Crippen LogP contribution in [0.25, 0.3) is 86.1 Å². The SMILES string of the molecule is c1ccc2c(c1)oc1cc(N(c3ccc(-c4cccc5c4sc4ccc6ncccc6c45)cc3)c3ccc4oc5ccccc5c4c3)ccc12. The summed E-state index contributed by atoms with van der Waals surface area (Å²) < 4.78 is 15.1. The highest BCUT2D eigenvalue weighted by molar-refractivity contribution is 7.26. The van der Waals surface area contributed by atoms with E-state index in [0.29, 0.717) is 0 Å². The Morgan fingerprint density at radius 3 is 1.98 bits per heavy atom. The van der Waals surface area contributed by atoms with Gasteiger partial charge in [-0.2, -0.15) is 0 Å². The summed E-state index contributed by atoms with van der Waals surface area (Å²) in [5, 5.41) is 8.17. The van der Waals surface area contributed by atoms with Gasteiger partial charge in [0.2, 0.25) is 0 Å². The second-order valence-corrected chi connectivity index (χ2v) is 13.8. The van der Waals surface area contributed by atoms with Crippen LogP contribution in [0.2, 0.25) is 0 Å². The van der Waals surface area contributed by atoms with E-state index in [9.17, 15) is 0 Å². The van der Waals surface area contributed by atoms with E-state index < -0.39 is 0 Å². The van der Waals surface area contributed by atoms with Gasteiger partial charge in [-0.15, -0.1) is 11.3 Å². The first-order valence-electron chi connectivity index (χ1n) is 16.7. The van der Waals surface area contributed by atoms with Crippen LogP contribution < -0.4 is 4.90 Å². The number of para-hydroxylation sites is 2. The van der Waals surface area contributed by atoms with Crippen LogP contribution in [0, 0.1) is 0 Å². The van der Waals surface area contributed by atoms with Gasteiger partial charge in [-0.1, -0.05) is 72.8 Å². The van der Waals surface area contributed by atoms with Gasteiger partial charge < -0.3 is 13.7 Å². The number of benzene rings is 7. The first kappa shape index (κ1) is 27.5. The minimum Gasteiger partial charge on any atom is -0.456 e. The monoisotopic (exact) mass is 658 g/mol. The Labute approximate surface area is 290 Å². The highest BCUT2D eigenvalue weighted by Gasteiger charge is 2.19. The van der Waals surface area contributed by atoms with E-state index in [2.05, 4.69) is 131 Å². The molecule has 0 spiro atoms. The molecule has 0 saturated heterocycles. The average Bonchev–Trinajstić information content (AvgIpc) is 3.86. The molecule has 0 fully saturated rings. The molecule has 0 radical (unpaired) electrons. The average molecular weight is 659 g/mol. The first-order valence-corrected chi connectivity index (χ1v) is 17.5. The molecular weight excluding hydrogens is 633 g/mol. The number of rotatable bonds is 4. The first-order chi connectivity index (χ1) is 24.8. The predicted molar refractivity (Wildman–Crippen MR) is 209 cm³/mol. The molecule has 4 aromatic heterocycles. The van der Waals surface area contributed by atoms with Crippen molar-refractivity contribution in [3.05, 3.63) is 158 Å². The van der Waals surface area contributed by atoms with Crippen molar-refractivity contribution >= 4 is 103 Å². The predicted octanol–water partition coefficient (Wildman–Crippen LogP) is 13.5. The van der Waals surface area contributed by atoms with Crippen LogP contribution >= 0.6 is 11.3 Å². The lowest BCUT2D eigenvalue weighted by Gasteiger charge is -2.26. The van der Waals surface area contributed by atoms with E-state index in [4.69, 9.17) is 8.83 Å². The van der Waals surface area contributed by atoms with E-state index >= 15 is 0 Å². The molecule has 11 aromatic rings. The van der Waals surface area contributed by atoms with Crippen molar-refractivity contribution in [2.45, 2.75) is 0 Å². The molecular formula is C45H26N2O2S. The maximum absolute atomic E-state index is 6.36. The zero-order valence-electron chi connectivity index (χ0n) is 26.6. The summed E-state index contributed by atoms with van der Waals surface area (Å²) in [7, 11) is 0. The second kappa shape index (κ2) is 10.5. The molecule has 50 heavy (non-hydrogen) atoms. The minimum absolute atomic E-state index is 0.860. The number of nitrogens with zero attached hydrogens (tertiary/aromatic N) is 2. The third-order valence-corrected chi connectivity index (χ3v) is 11.1. The number of thiophene rings is 1. The molecule has 0 atom stereocenters. The summed E-state index contributed by atoms with van der Waals surface area (Å²) in [6.07, 6.45) is 1.86. The Morgan fingerprint density at radius 2 is 1.12 bits per heavy atom. The molecule has 7 aromatic carbocycles. The molecule has 0 amide bonds. The largest absolute Gasteiger partial charge is 0.456 e.